The first-order valence-corrected chi connectivity index (χ1v) is 6.99. The smallest absolute Gasteiger partial charge is 0.143 e. The Bertz CT molecular complexity index is 399. The van der Waals surface area contributed by atoms with Crippen molar-refractivity contribution < 1.29 is 4.79 Å². The van der Waals surface area contributed by atoms with Crippen LogP contribution in [-0.2, 0) is 17.8 Å². The summed E-state index contributed by atoms with van der Waals surface area (Å²) in [6.07, 6.45) is 8.53. The van der Waals surface area contributed by atoms with Gasteiger partial charge in [-0.1, -0.05) is 13.3 Å². The van der Waals surface area contributed by atoms with E-state index in [1.165, 1.54) is 0 Å². The topological polar surface area (TPSA) is 60.9 Å². The van der Waals surface area contributed by atoms with Crippen LogP contribution >= 0.6 is 0 Å². The zero-order valence-corrected chi connectivity index (χ0v) is 11.1. The second kappa shape index (κ2) is 6.14. The average molecular weight is 249 g/mol. The number of carbonyl (C=O) groups excluding carboxylic acids is 1. The Morgan fingerprint density at radius 3 is 3.11 bits per heavy atom. The summed E-state index contributed by atoms with van der Waals surface area (Å²) in [5, 5.41) is 0. The largest absolute Gasteiger partial charge is 0.335 e. The molecule has 1 aromatic heterocycles. The van der Waals surface area contributed by atoms with E-state index in [9.17, 15) is 4.79 Å². The Balaban J connectivity index is 2.00. The van der Waals surface area contributed by atoms with Gasteiger partial charge in [-0.15, -0.1) is 0 Å². The minimum Gasteiger partial charge on any atom is -0.335 e. The second-order valence-electron chi connectivity index (χ2n) is 5.21. The highest BCUT2D eigenvalue weighted by Gasteiger charge is 2.32. The lowest BCUT2D eigenvalue weighted by Gasteiger charge is -2.16. The van der Waals surface area contributed by atoms with Crippen molar-refractivity contribution in [2.75, 3.05) is 6.54 Å². The van der Waals surface area contributed by atoms with Gasteiger partial charge in [0.2, 0.25) is 0 Å². The number of ketones is 1. The number of rotatable bonds is 6. The molecular formula is C14H23N3O. The van der Waals surface area contributed by atoms with E-state index in [1.54, 1.807) is 6.20 Å². The molecule has 0 spiro atoms. The van der Waals surface area contributed by atoms with Crippen LogP contribution < -0.4 is 5.73 Å². The van der Waals surface area contributed by atoms with Crippen LogP contribution in [0.15, 0.2) is 12.4 Å². The van der Waals surface area contributed by atoms with Crippen LogP contribution in [-0.4, -0.2) is 21.9 Å². The minimum absolute atomic E-state index is 0.168. The van der Waals surface area contributed by atoms with Crippen molar-refractivity contribution in [1.82, 2.24) is 9.55 Å². The van der Waals surface area contributed by atoms with Crippen molar-refractivity contribution in [2.45, 2.75) is 45.6 Å². The summed E-state index contributed by atoms with van der Waals surface area (Å²) in [7, 11) is 0. The Morgan fingerprint density at radius 2 is 2.39 bits per heavy atom. The molecule has 2 atom stereocenters. The molecule has 0 aromatic carbocycles. The van der Waals surface area contributed by atoms with Crippen molar-refractivity contribution in [3.05, 3.63) is 18.2 Å². The third-order valence-electron chi connectivity index (χ3n) is 3.97. The van der Waals surface area contributed by atoms with Crippen molar-refractivity contribution in [1.29, 1.82) is 0 Å². The molecular weight excluding hydrogens is 226 g/mol. The third-order valence-corrected chi connectivity index (χ3v) is 3.97. The van der Waals surface area contributed by atoms with E-state index in [0.29, 0.717) is 24.7 Å². The van der Waals surface area contributed by atoms with Gasteiger partial charge < -0.3 is 10.3 Å². The van der Waals surface area contributed by atoms with E-state index in [0.717, 1.165) is 38.1 Å². The third kappa shape index (κ3) is 2.80. The van der Waals surface area contributed by atoms with E-state index >= 15 is 0 Å². The number of imidazole rings is 1. The van der Waals surface area contributed by atoms with Gasteiger partial charge in [0, 0.05) is 24.9 Å². The van der Waals surface area contributed by atoms with Gasteiger partial charge in [0.15, 0.2) is 0 Å². The fourth-order valence-corrected chi connectivity index (χ4v) is 2.98. The van der Waals surface area contributed by atoms with Crippen LogP contribution in [0.25, 0.3) is 0 Å². The molecule has 100 valence electrons. The van der Waals surface area contributed by atoms with Crippen LogP contribution in [0.4, 0.5) is 0 Å². The first-order valence-electron chi connectivity index (χ1n) is 6.99. The van der Waals surface area contributed by atoms with Crippen LogP contribution in [0.1, 0.15) is 38.4 Å². The molecule has 0 bridgehead atoms. The maximum absolute atomic E-state index is 12.3. The lowest BCUT2D eigenvalue weighted by molar-refractivity contribution is -0.123. The normalized spacial score (nSPS) is 23.4. The number of nitrogens with zero attached hydrogens (tertiary/aromatic N) is 2. The first kappa shape index (κ1) is 13.3. The molecule has 2 unspecified atom stereocenters. The Kier molecular flexibility index (Phi) is 4.53. The van der Waals surface area contributed by atoms with Crippen molar-refractivity contribution in [2.24, 2.45) is 17.6 Å². The van der Waals surface area contributed by atoms with Crippen LogP contribution in [0.3, 0.4) is 0 Å². The molecule has 0 aliphatic heterocycles. The van der Waals surface area contributed by atoms with Gasteiger partial charge in [-0.2, -0.15) is 0 Å². The molecule has 1 aromatic rings. The maximum Gasteiger partial charge on any atom is 0.143 e. The van der Waals surface area contributed by atoms with Gasteiger partial charge in [-0.25, -0.2) is 4.98 Å². The molecule has 1 aliphatic carbocycles. The minimum atomic E-state index is 0.168. The Morgan fingerprint density at radius 1 is 1.56 bits per heavy atom. The summed E-state index contributed by atoms with van der Waals surface area (Å²) in [6.45, 7) is 3.71. The zero-order chi connectivity index (χ0) is 13.0. The molecule has 1 aliphatic rings. The number of aromatic nitrogens is 2. The summed E-state index contributed by atoms with van der Waals surface area (Å²) >= 11 is 0. The summed E-state index contributed by atoms with van der Waals surface area (Å²) in [4.78, 5) is 16.6. The van der Waals surface area contributed by atoms with Crippen LogP contribution in [0.2, 0.25) is 0 Å². The molecule has 0 saturated heterocycles. The predicted octanol–water partition coefficient (Wildman–Crippen LogP) is 1.78. The van der Waals surface area contributed by atoms with Crippen LogP contribution in [0.5, 0.6) is 0 Å². The number of hydrogen-bond donors (Lipinski definition) is 1. The predicted molar refractivity (Wildman–Crippen MR) is 71.1 cm³/mol. The van der Waals surface area contributed by atoms with E-state index < -0.39 is 0 Å². The molecule has 1 saturated carbocycles. The fraction of sp³-hybridized carbons (Fsp3) is 0.714. The number of hydrogen-bond acceptors (Lipinski definition) is 3. The summed E-state index contributed by atoms with van der Waals surface area (Å²) in [5.41, 5.74) is 5.74. The zero-order valence-electron chi connectivity index (χ0n) is 11.1. The summed E-state index contributed by atoms with van der Waals surface area (Å²) in [6, 6.07) is 0. The molecule has 2 N–H and O–H groups in total. The summed E-state index contributed by atoms with van der Waals surface area (Å²) < 4.78 is 2.09. The molecule has 0 amide bonds. The molecule has 0 radical (unpaired) electrons. The average Bonchev–Trinajstić information content (AvgIpc) is 2.98. The SMILES string of the molecule is CCCn1ccnc1CC(=O)C1CCCC1CN. The second-order valence-corrected chi connectivity index (χ2v) is 5.21. The van der Waals surface area contributed by atoms with Gasteiger partial charge in [-0.05, 0) is 31.7 Å². The highest BCUT2D eigenvalue weighted by molar-refractivity contribution is 5.83. The first-order chi connectivity index (χ1) is 8.76. The summed E-state index contributed by atoms with van der Waals surface area (Å²) in [5.74, 6) is 1.80. The Labute approximate surface area is 109 Å². The lowest BCUT2D eigenvalue weighted by atomic mass is 9.90. The molecule has 4 heteroatoms. The molecule has 1 fully saturated rings. The molecule has 4 nitrogen and oxygen atoms in total. The molecule has 1 heterocycles. The lowest BCUT2D eigenvalue weighted by Crippen LogP contribution is -2.27. The van der Waals surface area contributed by atoms with E-state index in [-0.39, 0.29) is 5.92 Å². The standard InChI is InChI=1S/C14H23N3O/c1-2-7-17-8-6-16-14(17)9-13(18)12-5-3-4-11(12)10-15/h6,8,11-12H,2-5,7,9-10,15H2,1H3. The van der Waals surface area contributed by atoms with Gasteiger partial charge in [0.1, 0.15) is 11.6 Å². The number of Topliss-reactive ketones (excluding diaryl/α,β-unsaturated/α-hetero) is 1. The molecule has 2 rings (SSSR count). The van der Waals surface area contributed by atoms with Gasteiger partial charge >= 0.3 is 0 Å². The number of nitrogens with two attached hydrogens (primary N) is 1. The van der Waals surface area contributed by atoms with Crippen molar-refractivity contribution in [3.8, 4) is 0 Å². The van der Waals surface area contributed by atoms with Gasteiger partial charge in [0.25, 0.3) is 0 Å². The highest BCUT2D eigenvalue weighted by Crippen LogP contribution is 2.32. The van der Waals surface area contributed by atoms with Crippen molar-refractivity contribution in [3.63, 3.8) is 0 Å². The number of aryl methyl sites for hydroxylation is 1. The highest BCUT2D eigenvalue weighted by atomic mass is 16.1. The number of carbonyl (C=O) groups is 1. The van der Waals surface area contributed by atoms with E-state index in [1.807, 2.05) is 6.20 Å². The van der Waals surface area contributed by atoms with E-state index in [4.69, 9.17) is 5.73 Å². The van der Waals surface area contributed by atoms with Gasteiger partial charge in [0.05, 0.1) is 6.42 Å². The van der Waals surface area contributed by atoms with Gasteiger partial charge in [-0.3, -0.25) is 4.79 Å². The Hall–Kier alpha value is -1.16. The molecule has 18 heavy (non-hydrogen) atoms. The maximum atomic E-state index is 12.3. The van der Waals surface area contributed by atoms with Crippen LogP contribution in [0, 0.1) is 11.8 Å². The van der Waals surface area contributed by atoms with Crippen molar-refractivity contribution >= 4 is 5.78 Å². The quantitative estimate of drug-likeness (QED) is 0.836. The van der Waals surface area contributed by atoms with E-state index in [2.05, 4.69) is 16.5 Å². The monoisotopic (exact) mass is 249 g/mol. The fourth-order valence-electron chi connectivity index (χ4n) is 2.98.